The van der Waals surface area contributed by atoms with E-state index in [1.807, 2.05) is 17.8 Å². The van der Waals surface area contributed by atoms with Gasteiger partial charge in [0.25, 0.3) is 0 Å². The van der Waals surface area contributed by atoms with Crippen molar-refractivity contribution >= 4 is 0 Å². The van der Waals surface area contributed by atoms with E-state index in [0.29, 0.717) is 18.7 Å². The van der Waals surface area contributed by atoms with Crippen molar-refractivity contribution in [2.24, 2.45) is 0 Å². The summed E-state index contributed by atoms with van der Waals surface area (Å²) in [5.41, 5.74) is 1.44. The molecule has 0 aliphatic rings. The highest BCUT2D eigenvalue weighted by atomic mass is 19.1. The smallest absolute Gasteiger partial charge is 0.129 e. The van der Waals surface area contributed by atoms with E-state index in [2.05, 4.69) is 10.4 Å². The molecule has 1 atom stereocenters. The fourth-order valence-electron chi connectivity index (χ4n) is 1.88. The van der Waals surface area contributed by atoms with Gasteiger partial charge in [-0.25, -0.2) is 4.39 Å². The average Bonchev–Trinajstić information content (AvgIpc) is 2.81. The van der Waals surface area contributed by atoms with Crippen molar-refractivity contribution in [3.63, 3.8) is 0 Å². The number of aryl methyl sites for hydroxylation is 1. The Morgan fingerprint density at radius 2 is 2.21 bits per heavy atom. The van der Waals surface area contributed by atoms with E-state index in [4.69, 9.17) is 0 Å². The predicted molar refractivity (Wildman–Crippen MR) is 71.2 cm³/mol. The number of aliphatic hydroxyl groups is 1. The monoisotopic (exact) mass is 263 g/mol. The van der Waals surface area contributed by atoms with Crippen LogP contribution in [-0.4, -0.2) is 28.0 Å². The van der Waals surface area contributed by atoms with Gasteiger partial charge in [-0.3, -0.25) is 4.68 Å². The summed E-state index contributed by atoms with van der Waals surface area (Å²) in [5.74, 6) is -0.375. The fraction of sp³-hybridized carbons (Fsp3) is 0.357. The van der Waals surface area contributed by atoms with E-state index >= 15 is 0 Å². The van der Waals surface area contributed by atoms with Crippen LogP contribution in [0.4, 0.5) is 4.39 Å². The number of hydrogen-bond acceptors (Lipinski definition) is 3. The molecule has 19 heavy (non-hydrogen) atoms. The number of hydrogen-bond donors (Lipinski definition) is 2. The third kappa shape index (κ3) is 3.87. The van der Waals surface area contributed by atoms with Gasteiger partial charge < -0.3 is 10.4 Å². The van der Waals surface area contributed by atoms with Crippen LogP contribution in [0.1, 0.15) is 17.2 Å². The Morgan fingerprint density at radius 1 is 1.42 bits per heavy atom. The predicted octanol–water partition coefficient (Wildman–Crippen LogP) is 1.65. The van der Waals surface area contributed by atoms with E-state index < -0.39 is 6.10 Å². The lowest BCUT2D eigenvalue weighted by Gasteiger charge is -2.12. The minimum absolute atomic E-state index is 0.321. The lowest BCUT2D eigenvalue weighted by Crippen LogP contribution is -2.25. The molecule has 1 heterocycles. The summed E-state index contributed by atoms with van der Waals surface area (Å²) in [6, 6.07) is 6.27. The van der Waals surface area contributed by atoms with E-state index in [9.17, 15) is 9.50 Å². The summed E-state index contributed by atoms with van der Waals surface area (Å²) >= 11 is 0. The second-order valence-electron chi connectivity index (χ2n) is 4.52. The molecule has 2 N–H and O–H groups in total. The van der Waals surface area contributed by atoms with E-state index in [0.717, 1.165) is 12.1 Å². The molecule has 0 amide bonds. The second kappa shape index (κ2) is 6.45. The molecule has 2 rings (SSSR count). The first-order valence-electron chi connectivity index (χ1n) is 6.29. The Labute approximate surface area is 111 Å². The third-order valence-electron chi connectivity index (χ3n) is 2.88. The fourth-order valence-corrected chi connectivity index (χ4v) is 1.88. The van der Waals surface area contributed by atoms with Crippen molar-refractivity contribution in [3.8, 4) is 0 Å². The molecule has 1 aromatic carbocycles. The number of nitrogens with one attached hydrogen (secondary N) is 1. The van der Waals surface area contributed by atoms with Crippen molar-refractivity contribution in [2.75, 3.05) is 13.1 Å². The molecule has 0 aliphatic heterocycles. The van der Waals surface area contributed by atoms with E-state index in [1.54, 1.807) is 24.4 Å². The van der Waals surface area contributed by atoms with Gasteiger partial charge >= 0.3 is 0 Å². The molecule has 1 aromatic heterocycles. The van der Waals surface area contributed by atoms with Crippen LogP contribution in [0.3, 0.4) is 0 Å². The number of aliphatic hydroxyl groups excluding tert-OH is 1. The van der Waals surface area contributed by atoms with Crippen LogP contribution in [0, 0.1) is 12.7 Å². The van der Waals surface area contributed by atoms with Gasteiger partial charge in [0.15, 0.2) is 0 Å². The van der Waals surface area contributed by atoms with Crippen LogP contribution in [0.5, 0.6) is 0 Å². The first-order valence-corrected chi connectivity index (χ1v) is 6.29. The van der Waals surface area contributed by atoms with Crippen molar-refractivity contribution in [1.29, 1.82) is 0 Å². The SMILES string of the molecule is Cc1cnn(CCNCC(O)c2ccccc2F)c1. The molecule has 0 saturated heterocycles. The van der Waals surface area contributed by atoms with Gasteiger partial charge in [-0.1, -0.05) is 18.2 Å². The summed E-state index contributed by atoms with van der Waals surface area (Å²) in [7, 11) is 0. The van der Waals surface area contributed by atoms with Gasteiger partial charge in [0, 0.05) is 24.8 Å². The minimum atomic E-state index is -0.833. The van der Waals surface area contributed by atoms with Gasteiger partial charge in [-0.2, -0.15) is 5.10 Å². The summed E-state index contributed by atoms with van der Waals surface area (Å²) in [6.07, 6.45) is 2.92. The van der Waals surface area contributed by atoms with Crippen LogP contribution < -0.4 is 5.32 Å². The maximum absolute atomic E-state index is 13.4. The van der Waals surface area contributed by atoms with E-state index in [-0.39, 0.29) is 5.82 Å². The first-order chi connectivity index (χ1) is 9.16. The van der Waals surface area contributed by atoms with Crippen molar-refractivity contribution < 1.29 is 9.50 Å². The zero-order chi connectivity index (χ0) is 13.7. The normalized spacial score (nSPS) is 12.6. The highest BCUT2D eigenvalue weighted by Crippen LogP contribution is 2.15. The molecule has 0 radical (unpaired) electrons. The van der Waals surface area contributed by atoms with Crippen LogP contribution >= 0.6 is 0 Å². The summed E-state index contributed by atoms with van der Waals surface area (Å²) < 4.78 is 15.2. The van der Waals surface area contributed by atoms with Crippen LogP contribution in [0.15, 0.2) is 36.7 Å². The van der Waals surface area contributed by atoms with Crippen molar-refractivity contribution in [1.82, 2.24) is 15.1 Å². The Balaban J connectivity index is 1.75. The highest BCUT2D eigenvalue weighted by molar-refractivity contribution is 5.19. The summed E-state index contributed by atoms with van der Waals surface area (Å²) in [4.78, 5) is 0. The molecule has 0 aliphatic carbocycles. The molecule has 1 unspecified atom stereocenters. The van der Waals surface area contributed by atoms with E-state index in [1.165, 1.54) is 6.07 Å². The topological polar surface area (TPSA) is 50.1 Å². The molecular weight excluding hydrogens is 245 g/mol. The lowest BCUT2D eigenvalue weighted by atomic mass is 10.1. The van der Waals surface area contributed by atoms with Gasteiger partial charge in [0.05, 0.1) is 18.8 Å². The Hall–Kier alpha value is -1.72. The minimum Gasteiger partial charge on any atom is -0.387 e. The molecule has 2 aromatic rings. The quantitative estimate of drug-likeness (QED) is 0.779. The van der Waals surface area contributed by atoms with Crippen LogP contribution in [0.2, 0.25) is 0 Å². The molecule has 4 nitrogen and oxygen atoms in total. The summed E-state index contributed by atoms with van der Waals surface area (Å²) in [6.45, 7) is 3.70. The number of halogens is 1. The van der Waals surface area contributed by atoms with Crippen molar-refractivity contribution in [3.05, 3.63) is 53.6 Å². The molecule has 5 heteroatoms. The Kier molecular flexibility index (Phi) is 4.65. The third-order valence-corrected chi connectivity index (χ3v) is 2.88. The number of benzene rings is 1. The molecule has 0 fully saturated rings. The Bertz CT molecular complexity index is 527. The summed E-state index contributed by atoms with van der Waals surface area (Å²) in [5, 5.41) is 17.1. The van der Waals surface area contributed by atoms with Crippen molar-refractivity contribution in [2.45, 2.75) is 19.6 Å². The number of nitrogens with zero attached hydrogens (tertiary/aromatic N) is 2. The molecule has 102 valence electrons. The van der Waals surface area contributed by atoms with Gasteiger partial charge in [-0.15, -0.1) is 0 Å². The van der Waals surface area contributed by atoms with Crippen LogP contribution in [-0.2, 0) is 6.54 Å². The largest absolute Gasteiger partial charge is 0.387 e. The first kappa shape index (κ1) is 13.7. The van der Waals surface area contributed by atoms with Crippen LogP contribution in [0.25, 0.3) is 0 Å². The Morgan fingerprint density at radius 3 is 2.89 bits per heavy atom. The average molecular weight is 263 g/mol. The standard InChI is InChI=1S/C14H18FN3O/c1-11-8-17-18(10-11)7-6-16-9-14(19)12-4-2-3-5-13(12)15/h2-5,8,10,14,16,19H,6-7,9H2,1H3. The van der Waals surface area contributed by atoms with Gasteiger partial charge in [0.2, 0.25) is 0 Å². The second-order valence-corrected chi connectivity index (χ2v) is 4.52. The molecule has 0 saturated carbocycles. The number of aromatic nitrogens is 2. The molecule has 0 bridgehead atoms. The lowest BCUT2D eigenvalue weighted by molar-refractivity contribution is 0.169. The van der Waals surface area contributed by atoms with Gasteiger partial charge in [-0.05, 0) is 18.6 Å². The molecular formula is C14H18FN3O. The highest BCUT2D eigenvalue weighted by Gasteiger charge is 2.11. The maximum Gasteiger partial charge on any atom is 0.129 e. The zero-order valence-corrected chi connectivity index (χ0v) is 10.9. The zero-order valence-electron chi connectivity index (χ0n) is 10.9. The van der Waals surface area contributed by atoms with Gasteiger partial charge in [0.1, 0.15) is 5.82 Å². The molecule has 0 spiro atoms. The maximum atomic E-state index is 13.4. The number of rotatable bonds is 6.